The molecule has 94 valence electrons. The van der Waals surface area contributed by atoms with Crippen LogP contribution in [-0.2, 0) is 13.0 Å². The average molecular weight is 265 g/mol. The summed E-state index contributed by atoms with van der Waals surface area (Å²) in [6.45, 7) is 1.40. The molecule has 0 fully saturated rings. The van der Waals surface area contributed by atoms with Gasteiger partial charge in [-0.3, -0.25) is 4.98 Å². The van der Waals surface area contributed by atoms with Crippen LogP contribution >= 0.6 is 11.6 Å². The zero-order valence-corrected chi connectivity index (χ0v) is 10.6. The lowest BCUT2D eigenvalue weighted by atomic mass is 10.2. The highest BCUT2D eigenvalue weighted by Crippen LogP contribution is 2.13. The zero-order chi connectivity index (χ0) is 12.8. The number of nitrogens with one attached hydrogen (secondary N) is 1. The van der Waals surface area contributed by atoms with Crippen LogP contribution < -0.4 is 5.32 Å². The molecular formula is C14H14ClFN2. The molecule has 18 heavy (non-hydrogen) atoms. The quantitative estimate of drug-likeness (QED) is 0.839. The van der Waals surface area contributed by atoms with Crippen molar-refractivity contribution in [2.24, 2.45) is 0 Å². The first-order chi connectivity index (χ1) is 8.74. The van der Waals surface area contributed by atoms with E-state index in [-0.39, 0.29) is 5.82 Å². The third-order valence-corrected chi connectivity index (χ3v) is 2.75. The Kier molecular flexibility index (Phi) is 4.67. The molecule has 0 saturated carbocycles. The summed E-state index contributed by atoms with van der Waals surface area (Å²) < 4.78 is 13.1. The van der Waals surface area contributed by atoms with Crippen LogP contribution in [0.3, 0.4) is 0 Å². The first kappa shape index (κ1) is 13.0. The molecule has 0 bridgehead atoms. The molecule has 0 amide bonds. The Morgan fingerprint density at radius 3 is 2.83 bits per heavy atom. The van der Waals surface area contributed by atoms with Gasteiger partial charge in [0.1, 0.15) is 5.82 Å². The Hall–Kier alpha value is -1.45. The minimum absolute atomic E-state index is 0.302. The molecule has 1 aromatic heterocycles. The summed E-state index contributed by atoms with van der Waals surface area (Å²) >= 11 is 5.78. The Bertz CT molecular complexity index is 482. The number of rotatable bonds is 5. The van der Waals surface area contributed by atoms with Crippen molar-refractivity contribution in [2.45, 2.75) is 13.0 Å². The first-order valence-corrected chi connectivity index (χ1v) is 6.17. The molecule has 1 heterocycles. The lowest BCUT2D eigenvalue weighted by molar-refractivity contribution is 0.619. The van der Waals surface area contributed by atoms with Gasteiger partial charge in [-0.25, -0.2) is 4.39 Å². The molecule has 2 nitrogen and oxygen atoms in total. The Morgan fingerprint density at radius 2 is 2.11 bits per heavy atom. The second-order valence-corrected chi connectivity index (χ2v) is 4.46. The van der Waals surface area contributed by atoms with E-state index in [4.69, 9.17) is 11.6 Å². The fraction of sp³-hybridized carbons (Fsp3) is 0.214. The summed E-state index contributed by atoms with van der Waals surface area (Å²) in [4.78, 5) is 4.23. The maximum Gasteiger partial charge on any atom is 0.125 e. The van der Waals surface area contributed by atoms with E-state index in [1.165, 1.54) is 12.1 Å². The molecule has 0 spiro atoms. The van der Waals surface area contributed by atoms with Crippen molar-refractivity contribution in [1.82, 2.24) is 10.3 Å². The van der Waals surface area contributed by atoms with Gasteiger partial charge in [0.25, 0.3) is 0 Å². The number of benzene rings is 1. The lowest BCUT2D eigenvalue weighted by Crippen LogP contribution is -2.17. The summed E-state index contributed by atoms with van der Waals surface area (Å²) in [7, 11) is 0. The summed E-state index contributed by atoms with van der Waals surface area (Å²) in [5, 5.41) is 3.67. The molecule has 0 aliphatic heterocycles. The second kappa shape index (κ2) is 6.47. The van der Waals surface area contributed by atoms with E-state index in [1.54, 1.807) is 12.3 Å². The van der Waals surface area contributed by atoms with Crippen molar-refractivity contribution in [3.05, 3.63) is 64.7 Å². The molecule has 1 aromatic carbocycles. The van der Waals surface area contributed by atoms with Gasteiger partial charge >= 0.3 is 0 Å². The summed E-state index contributed by atoms with van der Waals surface area (Å²) in [5.74, 6) is -0.302. The molecule has 1 N–H and O–H groups in total. The number of nitrogens with zero attached hydrogens (tertiary/aromatic N) is 1. The molecule has 0 saturated heterocycles. The normalized spacial score (nSPS) is 10.6. The van der Waals surface area contributed by atoms with Crippen LogP contribution in [0.2, 0.25) is 5.02 Å². The minimum atomic E-state index is -0.302. The number of aromatic nitrogens is 1. The second-order valence-electron chi connectivity index (χ2n) is 4.03. The number of pyridine rings is 1. The standard InChI is InChI=1S/C14H14ClFN2/c15-12-7-11(8-13(16)9-12)10-17-6-4-14-3-1-2-5-18-14/h1-3,5,7-9,17H,4,6,10H2. The van der Waals surface area contributed by atoms with E-state index in [0.29, 0.717) is 11.6 Å². The third kappa shape index (κ3) is 4.09. The number of hydrogen-bond donors (Lipinski definition) is 1. The highest BCUT2D eigenvalue weighted by Gasteiger charge is 1.99. The van der Waals surface area contributed by atoms with Gasteiger partial charge in [-0.2, -0.15) is 0 Å². The maximum absolute atomic E-state index is 13.1. The topological polar surface area (TPSA) is 24.9 Å². The van der Waals surface area contributed by atoms with Crippen LogP contribution in [0.4, 0.5) is 4.39 Å². The summed E-state index contributed by atoms with van der Waals surface area (Å²) in [6, 6.07) is 10.4. The van der Waals surface area contributed by atoms with Crippen LogP contribution in [0.25, 0.3) is 0 Å². The van der Waals surface area contributed by atoms with E-state index in [1.807, 2.05) is 18.2 Å². The Morgan fingerprint density at radius 1 is 1.22 bits per heavy atom. The van der Waals surface area contributed by atoms with Crippen LogP contribution in [0.15, 0.2) is 42.6 Å². The maximum atomic E-state index is 13.1. The smallest absolute Gasteiger partial charge is 0.125 e. The fourth-order valence-electron chi connectivity index (χ4n) is 1.71. The average Bonchev–Trinajstić information content (AvgIpc) is 2.35. The van der Waals surface area contributed by atoms with Gasteiger partial charge in [0.15, 0.2) is 0 Å². The third-order valence-electron chi connectivity index (χ3n) is 2.54. The molecular weight excluding hydrogens is 251 g/mol. The van der Waals surface area contributed by atoms with Gasteiger partial charge in [0, 0.05) is 36.4 Å². The molecule has 0 atom stereocenters. The van der Waals surface area contributed by atoms with Crippen molar-refractivity contribution in [2.75, 3.05) is 6.54 Å². The molecule has 4 heteroatoms. The monoisotopic (exact) mass is 264 g/mol. The number of hydrogen-bond acceptors (Lipinski definition) is 2. The highest BCUT2D eigenvalue weighted by molar-refractivity contribution is 6.30. The Balaban J connectivity index is 1.78. The van der Waals surface area contributed by atoms with Crippen LogP contribution in [-0.4, -0.2) is 11.5 Å². The summed E-state index contributed by atoms with van der Waals surface area (Å²) in [6.07, 6.45) is 2.63. The fourth-order valence-corrected chi connectivity index (χ4v) is 1.95. The van der Waals surface area contributed by atoms with Gasteiger partial charge in [0.05, 0.1) is 0 Å². The first-order valence-electron chi connectivity index (χ1n) is 5.79. The predicted molar refractivity (Wildman–Crippen MR) is 71.1 cm³/mol. The molecule has 0 aliphatic carbocycles. The van der Waals surface area contributed by atoms with E-state index in [0.717, 1.165) is 24.2 Å². The SMILES string of the molecule is Fc1cc(Cl)cc(CNCCc2ccccn2)c1. The van der Waals surface area contributed by atoms with Crippen molar-refractivity contribution >= 4 is 11.6 Å². The van der Waals surface area contributed by atoms with Gasteiger partial charge in [0.2, 0.25) is 0 Å². The summed E-state index contributed by atoms with van der Waals surface area (Å²) in [5.41, 5.74) is 1.89. The number of halogens is 2. The van der Waals surface area contributed by atoms with Crippen LogP contribution in [0, 0.1) is 5.82 Å². The largest absolute Gasteiger partial charge is 0.312 e. The van der Waals surface area contributed by atoms with Crippen molar-refractivity contribution < 1.29 is 4.39 Å². The van der Waals surface area contributed by atoms with E-state index >= 15 is 0 Å². The zero-order valence-electron chi connectivity index (χ0n) is 9.87. The van der Waals surface area contributed by atoms with E-state index in [9.17, 15) is 4.39 Å². The van der Waals surface area contributed by atoms with Crippen LogP contribution in [0.5, 0.6) is 0 Å². The molecule has 2 aromatic rings. The predicted octanol–water partition coefficient (Wildman–Crippen LogP) is 3.21. The molecule has 0 unspecified atom stereocenters. The van der Waals surface area contributed by atoms with Crippen molar-refractivity contribution in [1.29, 1.82) is 0 Å². The van der Waals surface area contributed by atoms with Gasteiger partial charge in [-0.05, 0) is 35.9 Å². The van der Waals surface area contributed by atoms with Gasteiger partial charge < -0.3 is 5.32 Å². The Labute approximate surface area is 111 Å². The molecule has 2 rings (SSSR count). The molecule has 0 aliphatic rings. The van der Waals surface area contributed by atoms with E-state index < -0.39 is 0 Å². The molecule has 0 radical (unpaired) electrons. The van der Waals surface area contributed by atoms with Crippen molar-refractivity contribution in [3.63, 3.8) is 0 Å². The lowest BCUT2D eigenvalue weighted by Gasteiger charge is -2.05. The van der Waals surface area contributed by atoms with Crippen molar-refractivity contribution in [3.8, 4) is 0 Å². The van der Waals surface area contributed by atoms with Gasteiger partial charge in [-0.1, -0.05) is 17.7 Å². The highest BCUT2D eigenvalue weighted by atomic mass is 35.5. The van der Waals surface area contributed by atoms with Crippen LogP contribution in [0.1, 0.15) is 11.3 Å². The minimum Gasteiger partial charge on any atom is -0.312 e. The van der Waals surface area contributed by atoms with E-state index in [2.05, 4.69) is 10.3 Å². The van der Waals surface area contributed by atoms with Gasteiger partial charge in [-0.15, -0.1) is 0 Å².